The molecule has 92 valence electrons. The molecule has 1 amide bonds. The molecule has 2 saturated heterocycles. The van der Waals surface area contributed by atoms with E-state index in [1.807, 2.05) is 4.90 Å². The van der Waals surface area contributed by atoms with Gasteiger partial charge in [0, 0.05) is 26.1 Å². The number of rotatable bonds is 3. The molecule has 0 aromatic rings. The topological polar surface area (TPSA) is 41.6 Å². The first-order valence-electron chi connectivity index (χ1n) is 6.24. The first-order valence-corrected chi connectivity index (χ1v) is 6.24. The van der Waals surface area contributed by atoms with Crippen LogP contribution in [0.3, 0.4) is 0 Å². The van der Waals surface area contributed by atoms with Crippen molar-refractivity contribution in [1.29, 1.82) is 0 Å². The summed E-state index contributed by atoms with van der Waals surface area (Å²) < 4.78 is 5.75. The third-order valence-electron chi connectivity index (χ3n) is 3.43. The summed E-state index contributed by atoms with van der Waals surface area (Å²) in [4.78, 5) is 14.0. The van der Waals surface area contributed by atoms with Crippen molar-refractivity contribution in [3.05, 3.63) is 0 Å². The second-order valence-electron chi connectivity index (χ2n) is 5.38. The summed E-state index contributed by atoms with van der Waals surface area (Å²) in [6.07, 6.45) is 1.67. The number of carbonyl (C=O) groups excluding carboxylic acids is 1. The molecular formula is C12H22N2O2. The normalized spacial score (nSPS) is 23.6. The molecule has 0 unspecified atom stereocenters. The molecule has 0 aromatic carbocycles. The van der Waals surface area contributed by atoms with Gasteiger partial charge in [-0.15, -0.1) is 0 Å². The highest BCUT2D eigenvalue weighted by Crippen LogP contribution is 2.23. The summed E-state index contributed by atoms with van der Waals surface area (Å²) in [5, 5.41) is 3.22. The van der Waals surface area contributed by atoms with Gasteiger partial charge in [0.2, 0.25) is 5.91 Å². The van der Waals surface area contributed by atoms with Crippen LogP contribution in [0.5, 0.6) is 0 Å². The van der Waals surface area contributed by atoms with Gasteiger partial charge in [0.05, 0.1) is 13.2 Å². The number of hydrogen-bond donors (Lipinski definition) is 1. The zero-order valence-corrected chi connectivity index (χ0v) is 10.3. The van der Waals surface area contributed by atoms with E-state index < -0.39 is 0 Å². The van der Waals surface area contributed by atoms with Crippen molar-refractivity contribution >= 4 is 5.91 Å². The van der Waals surface area contributed by atoms with Crippen LogP contribution in [0.1, 0.15) is 26.7 Å². The molecule has 0 bridgehead atoms. The third kappa shape index (κ3) is 2.55. The van der Waals surface area contributed by atoms with Gasteiger partial charge in [-0.3, -0.25) is 4.79 Å². The lowest BCUT2D eigenvalue weighted by Crippen LogP contribution is -2.69. The van der Waals surface area contributed by atoms with Gasteiger partial charge < -0.3 is 15.0 Å². The largest absolute Gasteiger partial charge is 0.369 e. The van der Waals surface area contributed by atoms with Crippen LogP contribution in [0.25, 0.3) is 0 Å². The Morgan fingerprint density at radius 1 is 1.50 bits per heavy atom. The van der Waals surface area contributed by atoms with Crippen LogP contribution in [0, 0.1) is 5.92 Å². The van der Waals surface area contributed by atoms with Crippen molar-refractivity contribution in [2.75, 3.05) is 32.8 Å². The SMILES string of the molecule is CC(C)CCC(=O)N1CCOC2(CNC2)C1. The maximum absolute atomic E-state index is 12.0. The minimum absolute atomic E-state index is 0.0637. The van der Waals surface area contributed by atoms with Gasteiger partial charge in [-0.1, -0.05) is 13.8 Å². The predicted molar refractivity (Wildman–Crippen MR) is 62.2 cm³/mol. The molecule has 2 aliphatic heterocycles. The van der Waals surface area contributed by atoms with Crippen molar-refractivity contribution in [3.63, 3.8) is 0 Å². The fraction of sp³-hybridized carbons (Fsp3) is 0.917. The molecule has 0 aliphatic carbocycles. The Balaban J connectivity index is 1.82. The maximum Gasteiger partial charge on any atom is 0.222 e. The second kappa shape index (κ2) is 4.72. The highest BCUT2D eigenvalue weighted by molar-refractivity contribution is 5.76. The first-order chi connectivity index (χ1) is 7.61. The van der Waals surface area contributed by atoms with E-state index in [-0.39, 0.29) is 5.60 Å². The Morgan fingerprint density at radius 2 is 2.25 bits per heavy atom. The number of nitrogens with zero attached hydrogens (tertiary/aromatic N) is 1. The van der Waals surface area contributed by atoms with E-state index in [2.05, 4.69) is 19.2 Å². The average molecular weight is 226 g/mol. The molecule has 2 aliphatic rings. The minimum Gasteiger partial charge on any atom is -0.369 e. The fourth-order valence-electron chi connectivity index (χ4n) is 2.25. The van der Waals surface area contributed by atoms with E-state index in [1.54, 1.807) is 0 Å². The number of carbonyl (C=O) groups is 1. The summed E-state index contributed by atoms with van der Waals surface area (Å²) in [7, 11) is 0. The highest BCUT2D eigenvalue weighted by atomic mass is 16.5. The van der Waals surface area contributed by atoms with Gasteiger partial charge in [0.25, 0.3) is 0 Å². The first kappa shape index (κ1) is 11.9. The molecular weight excluding hydrogens is 204 g/mol. The standard InChI is InChI=1S/C12H22N2O2/c1-10(2)3-4-11(15)14-5-6-16-12(9-14)7-13-8-12/h10,13H,3-9H2,1-2H3. The second-order valence-corrected chi connectivity index (χ2v) is 5.38. The molecule has 0 radical (unpaired) electrons. The molecule has 16 heavy (non-hydrogen) atoms. The fourth-order valence-corrected chi connectivity index (χ4v) is 2.25. The highest BCUT2D eigenvalue weighted by Gasteiger charge is 2.43. The quantitative estimate of drug-likeness (QED) is 0.767. The van der Waals surface area contributed by atoms with Crippen molar-refractivity contribution in [3.8, 4) is 0 Å². The molecule has 2 rings (SSSR count). The zero-order valence-electron chi connectivity index (χ0n) is 10.3. The summed E-state index contributed by atoms with van der Waals surface area (Å²) in [6.45, 7) is 8.32. The molecule has 0 saturated carbocycles. The van der Waals surface area contributed by atoms with Gasteiger partial charge in [0.15, 0.2) is 0 Å². The van der Waals surface area contributed by atoms with Crippen LogP contribution in [0.2, 0.25) is 0 Å². The van der Waals surface area contributed by atoms with Crippen molar-refractivity contribution < 1.29 is 9.53 Å². The smallest absolute Gasteiger partial charge is 0.222 e. The van der Waals surface area contributed by atoms with Gasteiger partial charge in [0.1, 0.15) is 5.60 Å². The Morgan fingerprint density at radius 3 is 2.81 bits per heavy atom. The lowest BCUT2D eigenvalue weighted by atomic mass is 9.94. The van der Waals surface area contributed by atoms with E-state index in [0.29, 0.717) is 24.9 Å². The van der Waals surface area contributed by atoms with E-state index in [1.165, 1.54) is 0 Å². The monoisotopic (exact) mass is 226 g/mol. The lowest BCUT2D eigenvalue weighted by molar-refractivity contribution is -0.159. The van der Waals surface area contributed by atoms with Gasteiger partial charge in [-0.05, 0) is 12.3 Å². The summed E-state index contributed by atoms with van der Waals surface area (Å²) in [5.41, 5.74) is -0.0637. The summed E-state index contributed by atoms with van der Waals surface area (Å²) in [6, 6.07) is 0. The molecule has 1 N–H and O–H groups in total. The molecule has 1 spiro atoms. The van der Waals surface area contributed by atoms with Crippen LogP contribution >= 0.6 is 0 Å². The number of amides is 1. The summed E-state index contributed by atoms with van der Waals surface area (Å²) >= 11 is 0. The third-order valence-corrected chi connectivity index (χ3v) is 3.43. The molecule has 4 heteroatoms. The van der Waals surface area contributed by atoms with Gasteiger partial charge >= 0.3 is 0 Å². The molecule has 4 nitrogen and oxygen atoms in total. The Kier molecular flexibility index (Phi) is 3.50. The Bertz CT molecular complexity index is 262. The Hall–Kier alpha value is -0.610. The molecule has 2 heterocycles. The molecule has 0 aromatic heterocycles. The van der Waals surface area contributed by atoms with E-state index >= 15 is 0 Å². The number of ether oxygens (including phenoxy) is 1. The average Bonchev–Trinajstić information content (AvgIpc) is 2.24. The van der Waals surface area contributed by atoms with Gasteiger partial charge in [-0.2, -0.15) is 0 Å². The van der Waals surface area contributed by atoms with Crippen LogP contribution in [0.15, 0.2) is 0 Å². The molecule has 2 fully saturated rings. The van der Waals surface area contributed by atoms with E-state index in [0.717, 1.165) is 32.6 Å². The molecule has 0 atom stereocenters. The minimum atomic E-state index is -0.0637. The number of morpholine rings is 1. The van der Waals surface area contributed by atoms with Crippen molar-refractivity contribution in [2.45, 2.75) is 32.3 Å². The van der Waals surface area contributed by atoms with E-state index in [9.17, 15) is 4.79 Å². The lowest BCUT2D eigenvalue weighted by Gasteiger charge is -2.48. The van der Waals surface area contributed by atoms with Crippen LogP contribution in [-0.2, 0) is 9.53 Å². The zero-order chi connectivity index (χ0) is 11.6. The van der Waals surface area contributed by atoms with Crippen LogP contribution < -0.4 is 5.32 Å². The number of nitrogens with one attached hydrogen (secondary N) is 1. The van der Waals surface area contributed by atoms with Crippen molar-refractivity contribution in [2.24, 2.45) is 5.92 Å². The van der Waals surface area contributed by atoms with Gasteiger partial charge in [-0.25, -0.2) is 0 Å². The van der Waals surface area contributed by atoms with Crippen LogP contribution in [-0.4, -0.2) is 49.2 Å². The Labute approximate surface area is 97.3 Å². The summed E-state index contributed by atoms with van der Waals surface area (Å²) in [5.74, 6) is 0.896. The van der Waals surface area contributed by atoms with E-state index in [4.69, 9.17) is 4.74 Å². The number of hydrogen-bond acceptors (Lipinski definition) is 3. The van der Waals surface area contributed by atoms with Crippen LogP contribution in [0.4, 0.5) is 0 Å². The predicted octanol–water partition coefficient (Wildman–Crippen LogP) is 0.623. The van der Waals surface area contributed by atoms with Crippen molar-refractivity contribution in [1.82, 2.24) is 10.2 Å². The maximum atomic E-state index is 12.0.